The summed E-state index contributed by atoms with van der Waals surface area (Å²) < 4.78 is 46.0. The van der Waals surface area contributed by atoms with Gasteiger partial charge in [0.05, 0.1) is 13.4 Å². The Balaban J connectivity index is 3.20. The lowest BCUT2D eigenvalue weighted by molar-refractivity contribution is -0.141. The van der Waals surface area contributed by atoms with E-state index in [0.29, 0.717) is 0 Å². The Morgan fingerprint density at radius 2 is 2.07 bits per heavy atom. The number of alkyl halides is 3. The summed E-state index contributed by atoms with van der Waals surface area (Å²) in [6, 6.07) is 0. The lowest BCUT2D eigenvalue weighted by atomic mass is 10.2. The standard InChI is InChI=1S/C9H7F3O3/c1-14-8(13)7-6(9(10,11)12)4-2-3-5-15-7/h2-5H,1H3. The van der Waals surface area contributed by atoms with Crippen LogP contribution >= 0.6 is 0 Å². The topological polar surface area (TPSA) is 35.5 Å². The monoisotopic (exact) mass is 220 g/mol. The second-order valence-corrected chi connectivity index (χ2v) is 2.54. The quantitative estimate of drug-likeness (QED) is 0.634. The van der Waals surface area contributed by atoms with Crippen LogP contribution in [0, 0.1) is 0 Å². The number of esters is 1. The summed E-state index contributed by atoms with van der Waals surface area (Å²) in [5, 5.41) is 0. The van der Waals surface area contributed by atoms with E-state index in [9.17, 15) is 18.0 Å². The maximum Gasteiger partial charge on any atom is 0.420 e. The molecule has 0 bridgehead atoms. The van der Waals surface area contributed by atoms with Crippen molar-refractivity contribution in [1.82, 2.24) is 0 Å². The van der Waals surface area contributed by atoms with Crippen molar-refractivity contribution in [3.8, 4) is 0 Å². The summed E-state index contributed by atoms with van der Waals surface area (Å²) in [5.41, 5.74) is -1.17. The minimum absolute atomic E-state index is 0.746. The van der Waals surface area contributed by atoms with Crippen LogP contribution in [-0.4, -0.2) is 19.3 Å². The molecular weight excluding hydrogens is 213 g/mol. The van der Waals surface area contributed by atoms with Crippen LogP contribution in [0.2, 0.25) is 0 Å². The molecule has 0 saturated carbocycles. The number of ether oxygens (including phenoxy) is 2. The predicted molar refractivity (Wildman–Crippen MR) is 44.5 cm³/mol. The van der Waals surface area contributed by atoms with Crippen molar-refractivity contribution < 1.29 is 27.4 Å². The molecule has 0 aliphatic carbocycles. The van der Waals surface area contributed by atoms with E-state index in [4.69, 9.17) is 0 Å². The first-order chi connectivity index (χ1) is 6.96. The van der Waals surface area contributed by atoms with Crippen molar-refractivity contribution in [1.29, 1.82) is 0 Å². The van der Waals surface area contributed by atoms with Gasteiger partial charge in [-0.3, -0.25) is 0 Å². The van der Waals surface area contributed by atoms with Gasteiger partial charge in [0.15, 0.2) is 0 Å². The van der Waals surface area contributed by atoms with Gasteiger partial charge < -0.3 is 9.47 Å². The van der Waals surface area contributed by atoms with Gasteiger partial charge in [0, 0.05) is 0 Å². The molecular formula is C9H7F3O3. The lowest BCUT2D eigenvalue weighted by Crippen LogP contribution is -2.18. The summed E-state index contributed by atoms with van der Waals surface area (Å²) in [5.74, 6) is -2.03. The predicted octanol–water partition coefficient (Wildman–Crippen LogP) is 2.08. The zero-order valence-electron chi connectivity index (χ0n) is 7.67. The highest BCUT2D eigenvalue weighted by molar-refractivity contribution is 5.88. The zero-order chi connectivity index (χ0) is 11.5. The highest BCUT2D eigenvalue weighted by Crippen LogP contribution is 2.31. The van der Waals surface area contributed by atoms with Gasteiger partial charge in [-0.05, 0) is 12.2 Å². The zero-order valence-corrected chi connectivity index (χ0v) is 7.67. The Hall–Kier alpha value is -1.72. The third-order valence-electron chi connectivity index (χ3n) is 1.56. The molecule has 0 atom stereocenters. The van der Waals surface area contributed by atoms with Crippen LogP contribution in [0.1, 0.15) is 0 Å². The van der Waals surface area contributed by atoms with E-state index in [2.05, 4.69) is 9.47 Å². The van der Waals surface area contributed by atoms with Crippen molar-refractivity contribution >= 4 is 5.97 Å². The summed E-state index contributed by atoms with van der Waals surface area (Å²) >= 11 is 0. The Kier molecular flexibility index (Phi) is 3.18. The first-order valence-corrected chi connectivity index (χ1v) is 3.86. The van der Waals surface area contributed by atoms with Gasteiger partial charge in [-0.25, -0.2) is 4.79 Å². The Bertz CT molecular complexity index is 350. The minimum Gasteiger partial charge on any atom is -0.463 e. The highest BCUT2D eigenvalue weighted by atomic mass is 19.4. The summed E-state index contributed by atoms with van der Waals surface area (Å²) in [6.45, 7) is 0. The van der Waals surface area contributed by atoms with Crippen molar-refractivity contribution in [2.75, 3.05) is 7.11 Å². The van der Waals surface area contributed by atoms with Crippen molar-refractivity contribution in [3.05, 3.63) is 35.8 Å². The van der Waals surface area contributed by atoms with Gasteiger partial charge in [-0.1, -0.05) is 6.08 Å². The van der Waals surface area contributed by atoms with Gasteiger partial charge in [0.25, 0.3) is 0 Å². The molecule has 82 valence electrons. The van der Waals surface area contributed by atoms with Crippen molar-refractivity contribution in [3.63, 3.8) is 0 Å². The third-order valence-corrected chi connectivity index (χ3v) is 1.56. The van der Waals surface area contributed by atoms with Gasteiger partial charge in [-0.2, -0.15) is 13.2 Å². The molecule has 1 aliphatic heterocycles. The van der Waals surface area contributed by atoms with E-state index in [-0.39, 0.29) is 0 Å². The van der Waals surface area contributed by atoms with E-state index in [1.54, 1.807) is 0 Å². The average Bonchev–Trinajstić information content (AvgIpc) is 2.40. The first-order valence-electron chi connectivity index (χ1n) is 3.86. The number of carbonyl (C=O) groups excluding carboxylic acids is 1. The van der Waals surface area contributed by atoms with Crippen molar-refractivity contribution in [2.24, 2.45) is 0 Å². The molecule has 0 aromatic carbocycles. The fourth-order valence-electron chi connectivity index (χ4n) is 0.918. The third kappa shape index (κ3) is 2.61. The molecule has 1 heterocycles. The molecule has 3 nitrogen and oxygen atoms in total. The number of carbonyl (C=O) groups is 1. The van der Waals surface area contributed by atoms with Crippen LogP contribution in [0.4, 0.5) is 13.2 Å². The summed E-state index contributed by atoms with van der Waals surface area (Å²) in [7, 11) is 0.977. The van der Waals surface area contributed by atoms with Gasteiger partial charge in [0.1, 0.15) is 5.57 Å². The molecule has 15 heavy (non-hydrogen) atoms. The molecule has 0 N–H and O–H groups in total. The molecule has 0 aromatic heterocycles. The van der Waals surface area contributed by atoms with Crippen LogP contribution in [0.15, 0.2) is 35.8 Å². The summed E-state index contributed by atoms with van der Waals surface area (Å²) in [6.07, 6.45) is -0.580. The Labute approximate surface area is 83.5 Å². The van der Waals surface area contributed by atoms with Gasteiger partial charge in [-0.15, -0.1) is 0 Å². The van der Waals surface area contributed by atoms with Gasteiger partial charge in [0.2, 0.25) is 5.76 Å². The average molecular weight is 220 g/mol. The first kappa shape index (κ1) is 11.4. The van der Waals surface area contributed by atoms with Crippen LogP contribution in [0.5, 0.6) is 0 Å². The lowest BCUT2D eigenvalue weighted by Gasteiger charge is -2.11. The fourth-order valence-corrected chi connectivity index (χ4v) is 0.918. The Morgan fingerprint density at radius 1 is 1.40 bits per heavy atom. The molecule has 0 unspecified atom stereocenters. The molecule has 0 amide bonds. The molecule has 0 fully saturated rings. The minimum atomic E-state index is -4.66. The second kappa shape index (κ2) is 4.20. The molecule has 0 aromatic rings. The van der Waals surface area contributed by atoms with E-state index in [1.807, 2.05) is 0 Å². The van der Waals surface area contributed by atoms with E-state index < -0.39 is 23.5 Å². The van der Waals surface area contributed by atoms with E-state index in [1.165, 1.54) is 6.08 Å². The number of hydrogen-bond acceptors (Lipinski definition) is 3. The molecule has 0 saturated heterocycles. The number of allylic oxidation sites excluding steroid dienone is 4. The molecule has 0 spiro atoms. The van der Waals surface area contributed by atoms with Crippen LogP contribution in [0.25, 0.3) is 0 Å². The molecule has 1 rings (SSSR count). The van der Waals surface area contributed by atoms with Gasteiger partial charge >= 0.3 is 12.1 Å². The second-order valence-electron chi connectivity index (χ2n) is 2.54. The smallest absolute Gasteiger partial charge is 0.420 e. The highest BCUT2D eigenvalue weighted by Gasteiger charge is 2.38. The molecule has 0 radical (unpaired) electrons. The van der Waals surface area contributed by atoms with E-state index in [0.717, 1.165) is 25.5 Å². The van der Waals surface area contributed by atoms with Crippen LogP contribution in [0.3, 0.4) is 0 Å². The van der Waals surface area contributed by atoms with Crippen LogP contribution < -0.4 is 0 Å². The number of methoxy groups -OCH3 is 1. The summed E-state index contributed by atoms with van der Waals surface area (Å²) in [4.78, 5) is 11.0. The number of halogens is 3. The normalized spacial score (nSPS) is 16.0. The maximum atomic E-state index is 12.4. The van der Waals surface area contributed by atoms with Crippen molar-refractivity contribution in [2.45, 2.75) is 6.18 Å². The maximum absolute atomic E-state index is 12.4. The van der Waals surface area contributed by atoms with Crippen LogP contribution in [-0.2, 0) is 14.3 Å². The van der Waals surface area contributed by atoms with E-state index >= 15 is 0 Å². The molecule has 1 aliphatic rings. The largest absolute Gasteiger partial charge is 0.463 e. The fraction of sp³-hybridized carbons (Fsp3) is 0.222. The number of rotatable bonds is 1. The Morgan fingerprint density at radius 3 is 2.60 bits per heavy atom. The molecule has 6 heteroatoms. The SMILES string of the molecule is COC(=O)C1=C(C(F)(F)F)C=CC=CO1. The number of hydrogen-bond donors (Lipinski definition) is 0.